The summed E-state index contributed by atoms with van der Waals surface area (Å²) in [7, 11) is 5.84. The lowest BCUT2D eigenvalue weighted by molar-refractivity contribution is 0.400. The van der Waals surface area contributed by atoms with E-state index in [-0.39, 0.29) is 0 Å². The van der Waals surface area contributed by atoms with Gasteiger partial charge < -0.3 is 20.3 Å². The predicted octanol–water partition coefficient (Wildman–Crippen LogP) is 5.34. The first-order valence-electron chi connectivity index (χ1n) is 10.5. The number of aryl methyl sites for hydroxylation is 1. The highest BCUT2D eigenvalue weighted by molar-refractivity contribution is 7.80. The summed E-state index contributed by atoms with van der Waals surface area (Å²) in [5.74, 6) is 1.25. The van der Waals surface area contributed by atoms with Crippen molar-refractivity contribution in [3.63, 3.8) is 0 Å². The molecule has 0 atom stereocenters. The van der Waals surface area contributed by atoms with E-state index in [0.29, 0.717) is 22.4 Å². The number of anilines is 3. The molecule has 166 valence electrons. The third-order valence-corrected chi connectivity index (χ3v) is 5.79. The summed E-state index contributed by atoms with van der Waals surface area (Å²) < 4.78 is 5.56. The van der Waals surface area contributed by atoms with Gasteiger partial charge in [-0.3, -0.25) is 0 Å². The van der Waals surface area contributed by atoms with Gasteiger partial charge in [-0.15, -0.1) is 0 Å². The number of nitrogens with one attached hydrogen (secondary N) is 2. The summed E-state index contributed by atoms with van der Waals surface area (Å²) in [4.78, 5) is 12.3. The number of methoxy groups -OCH3 is 1. The Hall–Kier alpha value is -2.74. The zero-order valence-electron chi connectivity index (χ0n) is 18.4. The Morgan fingerprint density at radius 1 is 1.22 bits per heavy atom. The molecule has 0 radical (unpaired) electrons. The zero-order valence-corrected chi connectivity index (χ0v) is 20.0. The Bertz CT molecular complexity index is 1150. The van der Waals surface area contributed by atoms with Crippen molar-refractivity contribution >= 4 is 46.1 Å². The molecule has 2 N–H and O–H groups in total. The number of fused-ring (bicyclic) bond motifs is 3. The first kappa shape index (κ1) is 22.5. The van der Waals surface area contributed by atoms with Crippen LogP contribution in [-0.2, 0) is 12.8 Å². The number of rotatable bonds is 7. The number of thiocarbonyl (C=S) groups is 1. The highest BCUT2D eigenvalue weighted by atomic mass is 35.5. The number of benzene rings is 2. The summed E-state index contributed by atoms with van der Waals surface area (Å²) in [5.41, 5.74) is 5.68. The van der Waals surface area contributed by atoms with Gasteiger partial charge in [0.25, 0.3) is 0 Å². The fraction of sp³-hybridized carbons (Fsp3) is 0.292. The molecular formula is C24H26ClN5OS. The Labute approximate surface area is 199 Å². The molecule has 0 saturated heterocycles. The summed E-state index contributed by atoms with van der Waals surface area (Å²) in [6.07, 6.45) is 4.47. The quantitative estimate of drug-likeness (QED) is 0.455. The molecule has 4 rings (SSSR count). The van der Waals surface area contributed by atoms with E-state index < -0.39 is 0 Å². The van der Waals surface area contributed by atoms with Crippen LogP contribution in [0.15, 0.2) is 42.6 Å². The van der Waals surface area contributed by atoms with Crippen molar-refractivity contribution in [3.8, 4) is 17.0 Å². The van der Waals surface area contributed by atoms with E-state index in [1.165, 1.54) is 5.56 Å². The van der Waals surface area contributed by atoms with E-state index >= 15 is 0 Å². The first-order valence-corrected chi connectivity index (χ1v) is 11.3. The minimum absolute atomic E-state index is 0.501. The van der Waals surface area contributed by atoms with Gasteiger partial charge in [0, 0.05) is 34.5 Å². The number of hydrogen-bond donors (Lipinski definition) is 2. The largest absolute Gasteiger partial charge is 0.495 e. The van der Waals surface area contributed by atoms with Crippen molar-refractivity contribution in [1.29, 1.82) is 0 Å². The zero-order chi connectivity index (χ0) is 22.7. The molecule has 0 fully saturated rings. The van der Waals surface area contributed by atoms with Crippen molar-refractivity contribution in [2.45, 2.75) is 19.3 Å². The number of ether oxygens (including phenoxy) is 1. The van der Waals surface area contributed by atoms with Gasteiger partial charge >= 0.3 is 0 Å². The van der Waals surface area contributed by atoms with Crippen LogP contribution in [0.3, 0.4) is 0 Å². The molecule has 1 aliphatic heterocycles. The van der Waals surface area contributed by atoms with E-state index in [4.69, 9.17) is 33.5 Å². The Balaban J connectivity index is 1.65. The van der Waals surface area contributed by atoms with Gasteiger partial charge in [0.2, 0.25) is 5.95 Å². The second-order valence-electron chi connectivity index (χ2n) is 8.05. The third-order valence-electron chi connectivity index (χ3n) is 5.31. The molecule has 0 spiro atoms. The van der Waals surface area contributed by atoms with E-state index in [1.807, 2.05) is 30.5 Å². The lowest BCUT2D eigenvalue weighted by atomic mass is 10.1. The SMILES string of the molecule is COc1ccc(CCCN(C)C)cc1Nc1ncc2c(n1)-c1ccc(Cl)cc1NC(=S)C2. The highest BCUT2D eigenvalue weighted by Gasteiger charge is 2.20. The van der Waals surface area contributed by atoms with Crippen molar-refractivity contribution in [2.75, 3.05) is 38.4 Å². The molecule has 6 nitrogen and oxygen atoms in total. The van der Waals surface area contributed by atoms with Gasteiger partial charge in [-0.05, 0) is 69.4 Å². The number of aromatic nitrogens is 2. The molecule has 1 aliphatic rings. The van der Waals surface area contributed by atoms with E-state index in [0.717, 1.165) is 53.3 Å². The van der Waals surface area contributed by atoms with Gasteiger partial charge in [0.05, 0.1) is 23.5 Å². The molecule has 0 aliphatic carbocycles. The number of halogens is 1. The molecule has 32 heavy (non-hydrogen) atoms. The second kappa shape index (κ2) is 9.81. The van der Waals surface area contributed by atoms with E-state index in [9.17, 15) is 0 Å². The van der Waals surface area contributed by atoms with Crippen molar-refractivity contribution in [2.24, 2.45) is 0 Å². The van der Waals surface area contributed by atoms with Crippen LogP contribution in [0, 0.1) is 0 Å². The molecule has 0 saturated carbocycles. The van der Waals surface area contributed by atoms with Gasteiger partial charge in [-0.25, -0.2) is 9.97 Å². The van der Waals surface area contributed by atoms with Crippen LogP contribution in [0.2, 0.25) is 5.02 Å². The topological polar surface area (TPSA) is 62.3 Å². The molecule has 2 aromatic carbocycles. The Morgan fingerprint density at radius 3 is 2.84 bits per heavy atom. The summed E-state index contributed by atoms with van der Waals surface area (Å²) in [6.45, 7) is 1.04. The third kappa shape index (κ3) is 5.18. The second-order valence-corrected chi connectivity index (χ2v) is 8.98. The Morgan fingerprint density at radius 2 is 2.06 bits per heavy atom. The molecule has 0 amide bonds. The van der Waals surface area contributed by atoms with Crippen LogP contribution in [0.1, 0.15) is 17.5 Å². The molecule has 0 bridgehead atoms. The molecule has 0 unspecified atom stereocenters. The maximum Gasteiger partial charge on any atom is 0.227 e. The first-order chi connectivity index (χ1) is 15.4. The molecule has 1 aromatic heterocycles. The molecular weight excluding hydrogens is 442 g/mol. The summed E-state index contributed by atoms with van der Waals surface area (Å²) in [5, 5.41) is 7.26. The van der Waals surface area contributed by atoms with Gasteiger partial charge in [0.15, 0.2) is 0 Å². The van der Waals surface area contributed by atoms with Crippen LogP contribution in [0.5, 0.6) is 5.75 Å². The number of hydrogen-bond acceptors (Lipinski definition) is 6. The lowest BCUT2D eigenvalue weighted by Crippen LogP contribution is -2.13. The van der Waals surface area contributed by atoms with E-state index in [1.54, 1.807) is 7.11 Å². The van der Waals surface area contributed by atoms with Gasteiger partial charge in [-0.1, -0.05) is 29.9 Å². The van der Waals surface area contributed by atoms with Crippen LogP contribution in [0.25, 0.3) is 11.3 Å². The fourth-order valence-electron chi connectivity index (χ4n) is 3.75. The minimum Gasteiger partial charge on any atom is -0.495 e. The molecule has 3 aromatic rings. The summed E-state index contributed by atoms with van der Waals surface area (Å²) in [6, 6.07) is 11.9. The Kier molecular flexibility index (Phi) is 6.89. The lowest BCUT2D eigenvalue weighted by Gasteiger charge is -2.14. The van der Waals surface area contributed by atoms with Crippen molar-refractivity contribution in [3.05, 3.63) is 58.7 Å². The number of nitrogens with zero attached hydrogens (tertiary/aromatic N) is 3. The van der Waals surface area contributed by atoms with Crippen LogP contribution >= 0.6 is 23.8 Å². The molecule has 2 heterocycles. The average Bonchev–Trinajstić information content (AvgIpc) is 2.88. The van der Waals surface area contributed by atoms with Gasteiger partial charge in [-0.2, -0.15) is 0 Å². The normalized spacial score (nSPS) is 12.6. The maximum absolute atomic E-state index is 6.20. The smallest absolute Gasteiger partial charge is 0.227 e. The van der Waals surface area contributed by atoms with Crippen LogP contribution in [-0.4, -0.2) is 47.6 Å². The average molecular weight is 468 g/mol. The monoisotopic (exact) mass is 467 g/mol. The van der Waals surface area contributed by atoms with Crippen molar-refractivity contribution in [1.82, 2.24) is 14.9 Å². The predicted molar refractivity (Wildman–Crippen MR) is 136 cm³/mol. The maximum atomic E-state index is 6.20. The fourth-order valence-corrected chi connectivity index (χ4v) is 4.19. The van der Waals surface area contributed by atoms with Gasteiger partial charge in [0.1, 0.15) is 5.75 Å². The van der Waals surface area contributed by atoms with Crippen LogP contribution < -0.4 is 15.4 Å². The van der Waals surface area contributed by atoms with Crippen LogP contribution in [0.4, 0.5) is 17.3 Å². The minimum atomic E-state index is 0.501. The van der Waals surface area contributed by atoms with E-state index in [2.05, 4.69) is 46.7 Å². The van der Waals surface area contributed by atoms with Crippen molar-refractivity contribution < 1.29 is 4.74 Å². The molecule has 8 heteroatoms. The standard InChI is InChI=1S/C24H26ClN5OS/c1-30(2)10-4-5-15-6-9-21(31-3)20(11-15)28-24-26-14-16-12-22(32)27-19-13-17(25)7-8-18(19)23(16)29-24/h6-9,11,13-14H,4-5,10,12H2,1-3H3,(H,27,32)(H,26,28,29). The summed E-state index contributed by atoms with van der Waals surface area (Å²) >= 11 is 11.7. The highest BCUT2D eigenvalue weighted by Crippen LogP contribution is 2.36.